The van der Waals surface area contributed by atoms with Gasteiger partial charge in [0.05, 0.1) is 8.07 Å². The predicted octanol–water partition coefficient (Wildman–Crippen LogP) is 6.30. The minimum atomic E-state index is -1.34. The Kier molecular flexibility index (Phi) is 4.74. The Hall–Kier alpha value is -1.02. The van der Waals surface area contributed by atoms with E-state index in [4.69, 9.17) is 23.2 Å². The zero-order chi connectivity index (χ0) is 14.8. The fraction of sp³-hybridized carbons (Fsp3) is 0.176. The highest BCUT2D eigenvalue weighted by atomic mass is 35.5. The van der Waals surface area contributed by atoms with Gasteiger partial charge in [-0.05, 0) is 41.0 Å². The molecule has 0 aliphatic rings. The Morgan fingerprint density at radius 2 is 1.10 bits per heavy atom. The maximum Gasteiger partial charge on any atom is 0.0695 e. The van der Waals surface area contributed by atoms with E-state index < -0.39 is 8.07 Å². The molecule has 0 bridgehead atoms. The Balaban J connectivity index is 2.53. The molecule has 0 amide bonds. The summed E-state index contributed by atoms with van der Waals surface area (Å²) in [4.78, 5) is 0. The molecule has 0 fully saturated rings. The highest BCUT2D eigenvalue weighted by molar-refractivity contribution is 6.81. The molecule has 104 valence electrons. The van der Waals surface area contributed by atoms with Crippen molar-refractivity contribution in [3.63, 3.8) is 0 Å². The first-order valence-electron chi connectivity index (χ1n) is 6.60. The van der Waals surface area contributed by atoms with Gasteiger partial charge in [-0.3, -0.25) is 0 Å². The van der Waals surface area contributed by atoms with Crippen LogP contribution in [0.1, 0.15) is 11.1 Å². The van der Waals surface area contributed by atoms with Gasteiger partial charge in [-0.2, -0.15) is 0 Å². The average molecular weight is 321 g/mol. The van der Waals surface area contributed by atoms with E-state index in [9.17, 15) is 0 Å². The van der Waals surface area contributed by atoms with Crippen molar-refractivity contribution in [2.45, 2.75) is 19.6 Å². The van der Waals surface area contributed by atoms with Gasteiger partial charge >= 0.3 is 0 Å². The van der Waals surface area contributed by atoms with Crippen LogP contribution in [0.2, 0.25) is 29.7 Å². The first-order valence-corrected chi connectivity index (χ1v) is 10.9. The number of rotatable bonds is 3. The van der Waals surface area contributed by atoms with Gasteiger partial charge in [-0.25, -0.2) is 0 Å². The molecule has 0 aromatic heterocycles. The highest BCUT2D eigenvalue weighted by Gasteiger charge is 2.14. The van der Waals surface area contributed by atoms with Crippen LogP contribution in [0, 0.1) is 0 Å². The maximum atomic E-state index is 5.99. The Labute approximate surface area is 132 Å². The van der Waals surface area contributed by atoms with E-state index in [1.165, 1.54) is 16.7 Å². The van der Waals surface area contributed by atoms with Gasteiger partial charge in [0.2, 0.25) is 0 Å². The van der Waals surface area contributed by atoms with Gasteiger partial charge in [0.25, 0.3) is 0 Å². The summed E-state index contributed by atoms with van der Waals surface area (Å²) >= 11 is 12.0. The summed E-state index contributed by atoms with van der Waals surface area (Å²) in [5.74, 6) is 0. The molecular formula is C17H18Cl2Si. The smallest absolute Gasteiger partial charge is 0.0695 e. The highest BCUT2D eigenvalue weighted by Crippen LogP contribution is 2.28. The van der Waals surface area contributed by atoms with Crippen LogP contribution in [0.25, 0.3) is 5.57 Å². The van der Waals surface area contributed by atoms with Gasteiger partial charge in [-0.1, -0.05) is 72.8 Å². The van der Waals surface area contributed by atoms with E-state index in [2.05, 4.69) is 49.6 Å². The van der Waals surface area contributed by atoms with E-state index >= 15 is 0 Å². The maximum absolute atomic E-state index is 5.99. The molecule has 2 aromatic carbocycles. The molecule has 0 spiro atoms. The van der Waals surface area contributed by atoms with Crippen LogP contribution in [0.5, 0.6) is 0 Å². The largest absolute Gasteiger partial charge is 0.0867 e. The Bertz CT molecular complexity index is 557. The molecule has 0 atom stereocenters. The van der Waals surface area contributed by atoms with E-state index in [-0.39, 0.29) is 0 Å². The molecule has 0 aliphatic heterocycles. The first-order chi connectivity index (χ1) is 9.35. The molecule has 0 nitrogen and oxygen atoms in total. The number of benzene rings is 2. The lowest BCUT2D eigenvalue weighted by Crippen LogP contribution is -2.17. The molecule has 2 rings (SSSR count). The van der Waals surface area contributed by atoms with E-state index in [1.54, 1.807) is 0 Å². The molecule has 0 saturated carbocycles. The standard InChI is InChI=1S/C17H18Cl2Si/c1-20(2,3)12-17(13-4-8-15(18)9-5-13)14-6-10-16(19)11-7-14/h4-12H,1-3H3. The van der Waals surface area contributed by atoms with Crippen LogP contribution < -0.4 is 0 Å². The van der Waals surface area contributed by atoms with Gasteiger partial charge in [-0.15, -0.1) is 0 Å². The van der Waals surface area contributed by atoms with Gasteiger partial charge in [0.15, 0.2) is 0 Å². The second kappa shape index (κ2) is 6.17. The number of hydrogen-bond donors (Lipinski definition) is 0. The third kappa shape index (κ3) is 4.24. The summed E-state index contributed by atoms with van der Waals surface area (Å²) in [6, 6.07) is 16.0. The summed E-state index contributed by atoms with van der Waals surface area (Å²) < 4.78 is 0. The van der Waals surface area contributed by atoms with Crippen LogP contribution in [0.15, 0.2) is 54.2 Å². The molecule has 0 aliphatic carbocycles. The lowest BCUT2D eigenvalue weighted by Gasteiger charge is -2.16. The van der Waals surface area contributed by atoms with Crippen molar-refractivity contribution < 1.29 is 0 Å². The second-order valence-electron chi connectivity index (χ2n) is 5.94. The summed E-state index contributed by atoms with van der Waals surface area (Å²) in [6.07, 6.45) is 0. The summed E-state index contributed by atoms with van der Waals surface area (Å²) in [5.41, 5.74) is 6.07. The van der Waals surface area contributed by atoms with Crippen molar-refractivity contribution in [1.82, 2.24) is 0 Å². The van der Waals surface area contributed by atoms with Crippen molar-refractivity contribution in [2.24, 2.45) is 0 Å². The third-order valence-corrected chi connectivity index (χ3v) is 4.55. The third-order valence-electron chi connectivity index (χ3n) is 2.89. The second-order valence-corrected chi connectivity index (χ2v) is 11.8. The minimum absolute atomic E-state index is 0.761. The van der Waals surface area contributed by atoms with Crippen LogP contribution in [-0.4, -0.2) is 8.07 Å². The molecular weight excluding hydrogens is 303 g/mol. The van der Waals surface area contributed by atoms with E-state index in [0.29, 0.717) is 0 Å². The molecule has 3 heteroatoms. The molecule has 0 saturated heterocycles. The summed E-state index contributed by atoms with van der Waals surface area (Å²) in [5, 5.41) is 1.52. The molecule has 0 heterocycles. The van der Waals surface area contributed by atoms with Crippen LogP contribution in [-0.2, 0) is 0 Å². The fourth-order valence-electron chi connectivity index (χ4n) is 2.03. The SMILES string of the molecule is C[Si](C)(C)C=C(c1ccc(Cl)cc1)c1ccc(Cl)cc1. The zero-order valence-corrected chi connectivity index (χ0v) is 14.5. The average Bonchev–Trinajstić information content (AvgIpc) is 2.37. The van der Waals surface area contributed by atoms with Crippen molar-refractivity contribution >= 4 is 36.8 Å². The van der Waals surface area contributed by atoms with Gasteiger partial charge < -0.3 is 0 Å². The normalized spacial score (nSPS) is 11.2. The Morgan fingerprint density at radius 3 is 1.40 bits per heavy atom. The molecule has 2 aromatic rings. The first kappa shape index (κ1) is 15.4. The van der Waals surface area contributed by atoms with Crippen molar-refractivity contribution in [3.05, 3.63) is 75.4 Å². The Morgan fingerprint density at radius 1 is 0.750 bits per heavy atom. The van der Waals surface area contributed by atoms with Gasteiger partial charge in [0.1, 0.15) is 0 Å². The fourth-order valence-corrected chi connectivity index (χ4v) is 3.48. The predicted molar refractivity (Wildman–Crippen MR) is 93.3 cm³/mol. The lowest BCUT2D eigenvalue weighted by atomic mass is 10.00. The minimum Gasteiger partial charge on any atom is -0.0867 e. The van der Waals surface area contributed by atoms with Crippen LogP contribution in [0.4, 0.5) is 0 Å². The molecule has 20 heavy (non-hydrogen) atoms. The summed E-state index contributed by atoms with van der Waals surface area (Å²) in [7, 11) is -1.34. The summed E-state index contributed by atoms with van der Waals surface area (Å²) in [6.45, 7) is 7.00. The van der Waals surface area contributed by atoms with E-state index in [0.717, 1.165) is 10.0 Å². The van der Waals surface area contributed by atoms with Crippen LogP contribution in [0.3, 0.4) is 0 Å². The van der Waals surface area contributed by atoms with Crippen molar-refractivity contribution in [1.29, 1.82) is 0 Å². The quantitative estimate of drug-likeness (QED) is 0.582. The van der Waals surface area contributed by atoms with Crippen LogP contribution >= 0.6 is 23.2 Å². The number of halogens is 2. The lowest BCUT2D eigenvalue weighted by molar-refractivity contribution is 1.54. The monoisotopic (exact) mass is 320 g/mol. The molecule has 0 radical (unpaired) electrons. The van der Waals surface area contributed by atoms with Crippen molar-refractivity contribution in [3.8, 4) is 0 Å². The molecule has 0 N–H and O–H groups in total. The number of hydrogen-bond acceptors (Lipinski definition) is 0. The van der Waals surface area contributed by atoms with Crippen molar-refractivity contribution in [2.75, 3.05) is 0 Å². The molecule has 0 unspecified atom stereocenters. The zero-order valence-electron chi connectivity index (χ0n) is 12.0. The van der Waals surface area contributed by atoms with Gasteiger partial charge in [0, 0.05) is 10.0 Å². The topological polar surface area (TPSA) is 0 Å². The van der Waals surface area contributed by atoms with E-state index in [1.807, 2.05) is 24.3 Å².